The summed E-state index contributed by atoms with van der Waals surface area (Å²) in [5.41, 5.74) is 0.271. The van der Waals surface area contributed by atoms with Crippen molar-refractivity contribution in [2.75, 3.05) is 53.4 Å². The summed E-state index contributed by atoms with van der Waals surface area (Å²) in [6.45, 7) is 2.38. The van der Waals surface area contributed by atoms with Gasteiger partial charge in [0.05, 0.1) is 39.6 Å². The monoisotopic (exact) mass is 298 g/mol. The average molecular weight is 298 g/mol. The number of benzene rings is 1. The van der Waals surface area contributed by atoms with Crippen molar-refractivity contribution in [3.8, 4) is 0 Å². The zero-order valence-electron chi connectivity index (χ0n) is 12.7. The number of hydrogen-bond donors (Lipinski definition) is 2. The molecule has 0 aliphatic heterocycles. The Labute approximate surface area is 126 Å². The molecule has 1 aromatic rings. The normalized spacial score (nSPS) is 11.8. The summed E-state index contributed by atoms with van der Waals surface area (Å²) in [6, 6.07) is 9.55. The van der Waals surface area contributed by atoms with Gasteiger partial charge in [0.1, 0.15) is 0 Å². The molecule has 0 saturated heterocycles. The predicted octanol–water partition coefficient (Wildman–Crippen LogP) is 0.979. The molecule has 21 heavy (non-hydrogen) atoms. The fourth-order valence-electron chi connectivity index (χ4n) is 2.06. The summed E-state index contributed by atoms with van der Waals surface area (Å²) in [5, 5.41) is 19.4. The molecule has 1 aromatic carbocycles. The highest BCUT2D eigenvalue weighted by Crippen LogP contribution is 2.27. The highest BCUT2D eigenvalue weighted by molar-refractivity contribution is 5.25. The number of ether oxygens (including phenoxy) is 3. The molecule has 0 aromatic heterocycles. The first kappa shape index (κ1) is 18.1. The van der Waals surface area contributed by atoms with Crippen molar-refractivity contribution in [1.82, 2.24) is 0 Å². The number of hydrogen-bond acceptors (Lipinski definition) is 5. The van der Waals surface area contributed by atoms with Gasteiger partial charge in [-0.1, -0.05) is 30.3 Å². The fraction of sp³-hybridized carbons (Fsp3) is 0.625. The van der Waals surface area contributed by atoms with E-state index in [4.69, 9.17) is 14.2 Å². The lowest BCUT2D eigenvalue weighted by Gasteiger charge is -2.30. The van der Waals surface area contributed by atoms with Gasteiger partial charge in [-0.05, 0) is 12.0 Å². The minimum atomic E-state index is -0.655. The molecule has 0 unspecified atom stereocenters. The smallest absolute Gasteiger partial charge is 0.0701 e. The Morgan fingerprint density at radius 1 is 0.857 bits per heavy atom. The van der Waals surface area contributed by atoms with E-state index < -0.39 is 5.41 Å². The van der Waals surface area contributed by atoms with Crippen molar-refractivity contribution in [2.24, 2.45) is 0 Å². The quantitative estimate of drug-likeness (QED) is 0.563. The Hall–Kier alpha value is -0.980. The second-order valence-corrected chi connectivity index (χ2v) is 4.93. The Balaban J connectivity index is 2.32. The van der Waals surface area contributed by atoms with Crippen LogP contribution in [0, 0.1) is 0 Å². The molecule has 0 amide bonds. The van der Waals surface area contributed by atoms with E-state index in [1.54, 1.807) is 7.11 Å². The number of aliphatic hydroxyl groups excluding tert-OH is 2. The zero-order chi connectivity index (χ0) is 15.4. The molecule has 0 aliphatic carbocycles. The van der Waals surface area contributed by atoms with Gasteiger partial charge in [0.2, 0.25) is 0 Å². The summed E-state index contributed by atoms with van der Waals surface area (Å²) in [4.78, 5) is 0. The lowest BCUT2D eigenvalue weighted by molar-refractivity contribution is 0.0128. The van der Waals surface area contributed by atoms with Crippen molar-refractivity contribution >= 4 is 0 Å². The van der Waals surface area contributed by atoms with Crippen molar-refractivity contribution in [1.29, 1.82) is 0 Å². The molecule has 1 rings (SSSR count). The van der Waals surface area contributed by atoms with Gasteiger partial charge in [0, 0.05) is 19.1 Å². The van der Waals surface area contributed by atoms with Crippen LogP contribution in [-0.4, -0.2) is 63.6 Å². The third kappa shape index (κ3) is 6.11. The van der Waals surface area contributed by atoms with Gasteiger partial charge in [0.25, 0.3) is 0 Å². The molecule has 0 spiro atoms. The Morgan fingerprint density at radius 3 is 2.00 bits per heavy atom. The van der Waals surface area contributed by atoms with Crippen molar-refractivity contribution in [2.45, 2.75) is 11.8 Å². The first-order valence-corrected chi connectivity index (χ1v) is 7.21. The number of rotatable bonds is 12. The molecule has 2 N–H and O–H groups in total. The summed E-state index contributed by atoms with van der Waals surface area (Å²) >= 11 is 0. The van der Waals surface area contributed by atoms with E-state index in [-0.39, 0.29) is 13.2 Å². The van der Waals surface area contributed by atoms with E-state index in [1.807, 2.05) is 30.3 Å². The van der Waals surface area contributed by atoms with E-state index in [0.29, 0.717) is 39.5 Å². The summed E-state index contributed by atoms with van der Waals surface area (Å²) < 4.78 is 15.7. The molecule has 120 valence electrons. The highest BCUT2D eigenvalue weighted by atomic mass is 16.5. The second kappa shape index (κ2) is 10.7. The van der Waals surface area contributed by atoms with E-state index in [0.717, 1.165) is 5.56 Å². The molecule has 0 atom stereocenters. The lowest BCUT2D eigenvalue weighted by atomic mass is 9.79. The van der Waals surface area contributed by atoms with Crippen LogP contribution in [0.5, 0.6) is 0 Å². The van der Waals surface area contributed by atoms with Gasteiger partial charge in [-0.15, -0.1) is 0 Å². The van der Waals surface area contributed by atoms with Crippen LogP contribution in [0.2, 0.25) is 0 Å². The van der Waals surface area contributed by atoms with Gasteiger partial charge in [-0.2, -0.15) is 0 Å². The van der Waals surface area contributed by atoms with E-state index in [9.17, 15) is 10.2 Å². The molecule has 5 nitrogen and oxygen atoms in total. The van der Waals surface area contributed by atoms with Crippen LogP contribution in [-0.2, 0) is 19.6 Å². The van der Waals surface area contributed by atoms with Crippen LogP contribution in [0.25, 0.3) is 0 Å². The Morgan fingerprint density at radius 2 is 1.43 bits per heavy atom. The molecule has 0 saturated carbocycles. The second-order valence-electron chi connectivity index (χ2n) is 4.93. The van der Waals surface area contributed by atoms with Gasteiger partial charge in [-0.3, -0.25) is 0 Å². The molecule has 0 aliphatic rings. The maximum atomic E-state index is 9.68. The predicted molar refractivity (Wildman–Crippen MR) is 80.4 cm³/mol. The standard InChI is InChI=1S/C16H26O5/c1-19-9-10-21-12-11-20-8-7-16(13-17,14-18)15-5-3-2-4-6-15/h2-6,17-18H,7-14H2,1H3. The van der Waals surface area contributed by atoms with Crippen LogP contribution >= 0.6 is 0 Å². The molecule has 5 heteroatoms. The van der Waals surface area contributed by atoms with Crippen LogP contribution in [0.15, 0.2) is 30.3 Å². The SMILES string of the molecule is COCCOCCOCCC(CO)(CO)c1ccccc1. The molecular formula is C16H26O5. The minimum absolute atomic E-state index is 0.110. The van der Waals surface area contributed by atoms with E-state index in [2.05, 4.69) is 0 Å². The molecular weight excluding hydrogens is 272 g/mol. The summed E-state index contributed by atoms with van der Waals surface area (Å²) in [5.74, 6) is 0. The third-order valence-electron chi connectivity index (χ3n) is 3.52. The van der Waals surface area contributed by atoms with Gasteiger partial charge >= 0.3 is 0 Å². The zero-order valence-corrected chi connectivity index (χ0v) is 12.7. The number of methoxy groups -OCH3 is 1. The van der Waals surface area contributed by atoms with Gasteiger partial charge in [-0.25, -0.2) is 0 Å². The highest BCUT2D eigenvalue weighted by Gasteiger charge is 2.30. The first-order chi connectivity index (χ1) is 10.3. The van der Waals surface area contributed by atoms with Crippen LogP contribution in [0.3, 0.4) is 0 Å². The molecule has 0 bridgehead atoms. The maximum absolute atomic E-state index is 9.68. The summed E-state index contributed by atoms with van der Waals surface area (Å²) in [6.07, 6.45) is 0.558. The third-order valence-corrected chi connectivity index (χ3v) is 3.52. The van der Waals surface area contributed by atoms with Crippen LogP contribution in [0.1, 0.15) is 12.0 Å². The van der Waals surface area contributed by atoms with Crippen molar-refractivity contribution in [3.05, 3.63) is 35.9 Å². The van der Waals surface area contributed by atoms with Crippen LogP contribution < -0.4 is 0 Å². The first-order valence-electron chi connectivity index (χ1n) is 7.21. The minimum Gasteiger partial charge on any atom is -0.395 e. The average Bonchev–Trinajstić information content (AvgIpc) is 2.55. The topological polar surface area (TPSA) is 68.2 Å². The van der Waals surface area contributed by atoms with Crippen molar-refractivity contribution in [3.63, 3.8) is 0 Å². The molecule has 0 heterocycles. The van der Waals surface area contributed by atoms with Crippen molar-refractivity contribution < 1.29 is 24.4 Å². The fourth-order valence-corrected chi connectivity index (χ4v) is 2.06. The van der Waals surface area contributed by atoms with E-state index in [1.165, 1.54) is 0 Å². The van der Waals surface area contributed by atoms with Gasteiger partial charge in [0.15, 0.2) is 0 Å². The largest absolute Gasteiger partial charge is 0.395 e. The lowest BCUT2D eigenvalue weighted by Crippen LogP contribution is -2.36. The number of aliphatic hydroxyl groups is 2. The maximum Gasteiger partial charge on any atom is 0.0701 e. The Kier molecular flexibility index (Phi) is 9.21. The van der Waals surface area contributed by atoms with E-state index >= 15 is 0 Å². The van der Waals surface area contributed by atoms with Gasteiger partial charge < -0.3 is 24.4 Å². The molecule has 0 fully saturated rings. The van der Waals surface area contributed by atoms with Crippen LogP contribution in [0.4, 0.5) is 0 Å². The Bertz CT molecular complexity index is 351. The molecule has 0 radical (unpaired) electrons. The summed E-state index contributed by atoms with van der Waals surface area (Å²) in [7, 11) is 1.63.